The van der Waals surface area contributed by atoms with Crippen LogP contribution in [0.25, 0.3) is 0 Å². The fourth-order valence-corrected chi connectivity index (χ4v) is 4.18. The maximum absolute atomic E-state index is 12.4. The third-order valence-corrected chi connectivity index (χ3v) is 6.07. The molecule has 1 N–H and O–H groups in total. The van der Waals surface area contributed by atoms with E-state index in [0.29, 0.717) is 4.90 Å². The second kappa shape index (κ2) is 9.75. The highest BCUT2D eigenvalue weighted by Gasteiger charge is 2.25. The Balaban J connectivity index is 1.69. The van der Waals surface area contributed by atoms with E-state index in [1.807, 2.05) is 31.2 Å². The molecule has 2 aromatic carbocycles. The van der Waals surface area contributed by atoms with Gasteiger partial charge < -0.3 is 10.1 Å². The molecule has 0 aromatic heterocycles. The summed E-state index contributed by atoms with van der Waals surface area (Å²) in [5.74, 6) is -1.12. The smallest absolute Gasteiger partial charge is 0.339 e. The van der Waals surface area contributed by atoms with Crippen LogP contribution in [0.1, 0.15) is 48.5 Å². The number of ether oxygens (including phenoxy) is 1. The zero-order valence-corrected chi connectivity index (χ0v) is 17.7. The van der Waals surface area contributed by atoms with E-state index >= 15 is 0 Å². The van der Waals surface area contributed by atoms with E-state index in [1.165, 1.54) is 36.9 Å². The minimum atomic E-state index is -0.973. The zero-order chi connectivity index (χ0) is 21.7. The summed E-state index contributed by atoms with van der Waals surface area (Å²) in [7, 11) is 0. The van der Waals surface area contributed by atoms with Gasteiger partial charge in [-0.05, 0) is 51.0 Å². The highest BCUT2D eigenvalue weighted by atomic mass is 32.2. The first-order valence-electron chi connectivity index (χ1n) is 9.88. The summed E-state index contributed by atoms with van der Waals surface area (Å²) in [6.45, 7) is 3.46. The van der Waals surface area contributed by atoms with Crippen molar-refractivity contribution in [3.05, 3.63) is 63.7 Å². The van der Waals surface area contributed by atoms with Gasteiger partial charge in [0.2, 0.25) is 0 Å². The normalized spacial score (nSPS) is 14.9. The topological polar surface area (TPSA) is 98.5 Å². The van der Waals surface area contributed by atoms with E-state index in [4.69, 9.17) is 4.74 Å². The molecule has 158 valence electrons. The highest BCUT2D eigenvalue weighted by molar-refractivity contribution is 7.99. The van der Waals surface area contributed by atoms with E-state index in [1.54, 1.807) is 0 Å². The minimum Gasteiger partial charge on any atom is -0.449 e. The molecule has 0 saturated heterocycles. The third-order valence-electron chi connectivity index (χ3n) is 4.99. The van der Waals surface area contributed by atoms with Crippen LogP contribution < -0.4 is 5.32 Å². The lowest BCUT2D eigenvalue weighted by Crippen LogP contribution is -2.40. The third kappa shape index (κ3) is 5.60. The highest BCUT2D eigenvalue weighted by Crippen LogP contribution is 2.35. The van der Waals surface area contributed by atoms with Gasteiger partial charge in [0.25, 0.3) is 11.6 Å². The number of nitrogens with zero attached hydrogens (tertiary/aromatic N) is 1. The molecule has 0 bridgehead atoms. The molecule has 0 aliphatic heterocycles. The van der Waals surface area contributed by atoms with Crippen molar-refractivity contribution in [2.75, 3.05) is 0 Å². The molecule has 1 unspecified atom stereocenters. The summed E-state index contributed by atoms with van der Waals surface area (Å²) in [5, 5.41) is 14.4. The van der Waals surface area contributed by atoms with Gasteiger partial charge in [-0.25, -0.2) is 4.79 Å². The summed E-state index contributed by atoms with van der Waals surface area (Å²) < 4.78 is 5.23. The van der Waals surface area contributed by atoms with Crippen LogP contribution in [-0.2, 0) is 9.53 Å². The van der Waals surface area contributed by atoms with Crippen molar-refractivity contribution in [2.45, 2.75) is 61.5 Å². The summed E-state index contributed by atoms with van der Waals surface area (Å²) in [6, 6.07) is 12.0. The summed E-state index contributed by atoms with van der Waals surface area (Å²) in [4.78, 5) is 37.0. The van der Waals surface area contributed by atoms with Crippen molar-refractivity contribution in [1.82, 2.24) is 5.32 Å². The summed E-state index contributed by atoms with van der Waals surface area (Å²) in [5.41, 5.74) is 0.951. The standard InChI is InChI=1S/C22H24N2O5S/c1-14-7-10-18(11-8-14)30-20-12-9-16(13-19(20)24(27)28)22(26)29-15(2)21(25)23-17-5-3-4-6-17/h7-13,15,17H,3-6H2,1-2H3,(H,23,25). The molecule has 3 rings (SSSR count). The number of aryl methyl sites for hydroxylation is 1. The van der Waals surface area contributed by atoms with E-state index in [-0.39, 0.29) is 23.2 Å². The fraction of sp³-hybridized carbons (Fsp3) is 0.364. The first kappa shape index (κ1) is 21.8. The van der Waals surface area contributed by atoms with Gasteiger partial charge in [0.05, 0.1) is 15.4 Å². The number of amides is 1. The molecule has 0 radical (unpaired) electrons. The number of nitrogens with one attached hydrogen (secondary N) is 1. The Morgan fingerprint density at radius 3 is 2.47 bits per heavy atom. The van der Waals surface area contributed by atoms with Crippen LogP contribution in [0.15, 0.2) is 52.3 Å². The molecule has 2 aromatic rings. The number of esters is 1. The molecule has 1 atom stereocenters. The maximum atomic E-state index is 12.4. The number of nitro benzene ring substituents is 1. The van der Waals surface area contributed by atoms with Crippen LogP contribution in [-0.4, -0.2) is 28.9 Å². The molecular weight excluding hydrogens is 404 g/mol. The molecule has 0 spiro atoms. The number of hydrogen-bond donors (Lipinski definition) is 1. The molecular formula is C22H24N2O5S. The van der Waals surface area contributed by atoms with E-state index in [0.717, 1.165) is 36.1 Å². The summed E-state index contributed by atoms with van der Waals surface area (Å²) in [6.07, 6.45) is 3.04. The van der Waals surface area contributed by atoms with Crippen LogP contribution in [0, 0.1) is 17.0 Å². The van der Waals surface area contributed by atoms with Crippen molar-refractivity contribution in [3.8, 4) is 0 Å². The van der Waals surface area contributed by atoms with Crippen LogP contribution in [0.2, 0.25) is 0 Å². The Labute approximate surface area is 179 Å². The number of nitro groups is 1. The Morgan fingerprint density at radius 1 is 1.17 bits per heavy atom. The Kier molecular flexibility index (Phi) is 7.10. The lowest BCUT2D eigenvalue weighted by atomic mass is 10.2. The van der Waals surface area contributed by atoms with E-state index < -0.39 is 17.0 Å². The van der Waals surface area contributed by atoms with Gasteiger partial charge in [0, 0.05) is 17.0 Å². The Hall–Kier alpha value is -2.87. The van der Waals surface area contributed by atoms with E-state index in [2.05, 4.69) is 5.32 Å². The number of benzene rings is 2. The largest absolute Gasteiger partial charge is 0.449 e. The molecule has 8 heteroatoms. The maximum Gasteiger partial charge on any atom is 0.339 e. The second-order valence-corrected chi connectivity index (χ2v) is 8.51. The molecule has 1 fully saturated rings. The quantitative estimate of drug-likeness (QED) is 0.391. The average Bonchev–Trinajstić information content (AvgIpc) is 3.22. The number of rotatable bonds is 7. The number of carbonyl (C=O) groups excluding carboxylic acids is 2. The number of hydrogen-bond acceptors (Lipinski definition) is 6. The van der Waals surface area contributed by atoms with Gasteiger partial charge in [-0.2, -0.15) is 0 Å². The molecule has 30 heavy (non-hydrogen) atoms. The molecule has 1 amide bonds. The van der Waals surface area contributed by atoms with Crippen molar-refractivity contribution < 1.29 is 19.2 Å². The lowest BCUT2D eigenvalue weighted by molar-refractivity contribution is -0.387. The van der Waals surface area contributed by atoms with Gasteiger partial charge in [-0.15, -0.1) is 0 Å². The van der Waals surface area contributed by atoms with Crippen molar-refractivity contribution in [1.29, 1.82) is 0 Å². The first-order chi connectivity index (χ1) is 14.3. The average molecular weight is 429 g/mol. The van der Waals surface area contributed by atoms with Gasteiger partial charge in [-0.3, -0.25) is 14.9 Å². The Morgan fingerprint density at radius 2 is 1.83 bits per heavy atom. The minimum absolute atomic E-state index is 0.0375. The second-order valence-electron chi connectivity index (χ2n) is 7.39. The lowest BCUT2D eigenvalue weighted by Gasteiger charge is -2.17. The Bertz CT molecular complexity index is 939. The number of carbonyl (C=O) groups is 2. The summed E-state index contributed by atoms with van der Waals surface area (Å²) >= 11 is 1.25. The van der Waals surface area contributed by atoms with Crippen LogP contribution in [0.4, 0.5) is 5.69 Å². The van der Waals surface area contributed by atoms with Crippen molar-refractivity contribution in [3.63, 3.8) is 0 Å². The van der Waals surface area contributed by atoms with Crippen molar-refractivity contribution >= 4 is 29.3 Å². The van der Waals surface area contributed by atoms with Gasteiger partial charge in [0.1, 0.15) is 0 Å². The monoisotopic (exact) mass is 428 g/mol. The van der Waals surface area contributed by atoms with Crippen LogP contribution >= 0.6 is 11.8 Å². The van der Waals surface area contributed by atoms with Gasteiger partial charge in [0.15, 0.2) is 6.10 Å². The predicted octanol–water partition coefficient (Wildman–Crippen LogP) is 4.66. The van der Waals surface area contributed by atoms with E-state index in [9.17, 15) is 19.7 Å². The first-order valence-corrected chi connectivity index (χ1v) is 10.7. The predicted molar refractivity (Wildman–Crippen MR) is 114 cm³/mol. The molecule has 1 saturated carbocycles. The van der Waals surface area contributed by atoms with Gasteiger partial charge in [-0.1, -0.05) is 42.3 Å². The molecule has 7 nitrogen and oxygen atoms in total. The van der Waals surface area contributed by atoms with Crippen molar-refractivity contribution in [2.24, 2.45) is 0 Å². The molecule has 0 heterocycles. The van der Waals surface area contributed by atoms with Crippen LogP contribution in [0.3, 0.4) is 0 Å². The zero-order valence-electron chi connectivity index (χ0n) is 16.9. The van der Waals surface area contributed by atoms with Gasteiger partial charge >= 0.3 is 5.97 Å². The molecule has 1 aliphatic rings. The SMILES string of the molecule is Cc1ccc(Sc2ccc(C(=O)OC(C)C(=O)NC3CCCC3)cc2[N+](=O)[O-])cc1. The van der Waals surface area contributed by atoms with Crippen LogP contribution in [0.5, 0.6) is 0 Å². The fourth-order valence-electron chi connectivity index (χ4n) is 3.28. The molecule has 1 aliphatic carbocycles.